The van der Waals surface area contributed by atoms with E-state index in [1.54, 1.807) is 16.8 Å². The topological polar surface area (TPSA) is 94.4 Å². The molecule has 1 aliphatic carbocycles. The van der Waals surface area contributed by atoms with Crippen molar-refractivity contribution in [3.05, 3.63) is 23.5 Å². The van der Waals surface area contributed by atoms with Crippen LogP contribution in [0.5, 0.6) is 0 Å². The van der Waals surface area contributed by atoms with Gasteiger partial charge in [-0.3, -0.25) is 0 Å². The van der Waals surface area contributed by atoms with Crippen molar-refractivity contribution in [1.29, 1.82) is 5.26 Å². The van der Waals surface area contributed by atoms with Gasteiger partial charge in [0.2, 0.25) is 0 Å². The molecule has 3 rings (SSSR count). The highest BCUT2D eigenvalue weighted by molar-refractivity contribution is 6.57. The molecule has 0 saturated carbocycles. The Morgan fingerprint density at radius 1 is 1.53 bits per heavy atom. The van der Waals surface area contributed by atoms with Crippen LogP contribution in [0.4, 0.5) is 0 Å². The summed E-state index contributed by atoms with van der Waals surface area (Å²) in [5, 5.41) is 31.8. The van der Waals surface area contributed by atoms with Crippen LogP contribution >= 0.6 is 0 Å². The number of hydrogen-bond donors (Lipinski definition) is 2. The van der Waals surface area contributed by atoms with Gasteiger partial charge in [0.1, 0.15) is 0 Å². The molecule has 0 radical (unpaired) electrons. The van der Waals surface area contributed by atoms with Crippen LogP contribution in [0.15, 0.2) is 12.3 Å². The Balaban J connectivity index is 2.32. The van der Waals surface area contributed by atoms with E-state index in [4.69, 9.17) is 0 Å². The third-order valence-electron chi connectivity index (χ3n) is 3.68. The molecule has 2 N–H and O–H groups in total. The van der Waals surface area contributed by atoms with E-state index in [9.17, 15) is 15.3 Å². The van der Waals surface area contributed by atoms with E-state index in [-0.39, 0.29) is 16.9 Å². The van der Waals surface area contributed by atoms with E-state index in [1.807, 2.05) is 0 Å². The first-order chi connectivity index (χ1) is 8.94. The largest absolute Gasteiger partial charge is 0.510 e. The van der Waals surface area contributed by atoms with Crippen molar-refractivity contribution in [2.24, 2.45) is 0 Å². The van der Waals surface area contributed by atoms with E-state index < -0.39 is 7.12 Å². The van der Waals surface area contributed by atoms with Crippen molar-refractivity contribution >= 4 is 18.4 Å². The van der Waals surface area contributed by atoms with E-state index in [0.717, 1.165) is 17.7 Å². The molecular weight excluding hydrogens is 243 g/mol. The maximum absolute atomic E-state index is 9.22. The number of nitriles is 1. The van der Waals surface area contributed by atoms with Crippen LogP contribution in [0.1, 0.15) is 37.4 Å². The summed E-state index contributed by atoms with van der Waals surface area (Å²) in [6.07, 6.45) is 2.42. The smallest absolute Gasteiger partial charge is 0.422 e. The lowest BCUT2D eigenvalue weighted by Gasteiger charge is -2.19. The molecule has 0 fully saturated rings. The molecule has 0 amide bonds. The zero-order chi connectivity index (χ0) is 13.8. The Morgan fingerprint density at radius 2 is 2.26 bits per heavy atom. The lowest BCUT2D eigenvalue weighted by molar-refractivity contribution is 0.423. The molecule has 7 heteroatoms. The highest BCUT2D eigenvalue weighted by Gasteiger charge is 2.40. The van der Waals surface area contributed by atoms with Crippen LogP contribution in [0.25, 0.3) is 5.65 Å². The Labute approximate surface area is 110 Å². The third-order valence-corrected chi connectivity index (χ3v) is 3.68. The first-order valence-electron chi connectivity index (χ1n) is 6.09. The van der Waals surface area contributed by atoms with Gasteiger partial charge in [0.05, 0.1) is 23.3 Å². The molecular formula is C12H13BN4O2. The summed E-state index contributed by atoms with van der Waals surface area (Å²) < 4.78 is 1.63. The second kappa shape index (κ2) is 3.79. The summed E-state index contributed by atoms with van der Waals surface area (Å²) in [7, 11) is -1.62. The van der Waals surface area contributed by atoms with Crippen molar-refractivity contribution in [1.82, 2.24) is 14.6 Å². The van der Waals surface area contributed by atoms with Crippen molar-refractivity contribution in [2.75, 3.05) is 0 Å². The van der Waals surface area contributed by atoms with Crippen LogP contribution in [0.3, 0.4) is 0 Å². The standard InChI is InChI=1S/C12H13BN4O2/c1-12(2)4-7(5-14)8-6-15-10-3-9(13(18)19)16-17(10)11(8)12/h3,6-7,18-19H,4H2,1-2H3. The molecule has 0 aliphatic heterocycles. The molecule has 0 bridgehead atoms. The molecule has 96 valence electrons. The maximum atomic E-state index is 9.22. The van der Waals surface area contributed by atoms with Crippen LogP contribution < -0.4 is 5.59 Å². The van der Waals surface area contributed by atoms with Gasteiger partial charge in [-0.2, -0.15) is 10.4 Å². The Hall–Kier alpha value is -1.91. The second-order valence-corrected chi connectivity index (χ2v) is 5.54. The van der Waals surface area contributed by atoms with Gasteiger partial charge in [0.25, 0.3) is 0 Å². The summed E-state index contributed by atoms with van der Waals surface area (Å²) in [6.45, 7) is 4.11. The summed E-state index contributed by atoms with van der Waals surface area (Å²) in [6, 6.07) is 3.83. The number of aromatic nitrogens is 3. The number of hydrogen-bond acceptors (Lipinski definition) is 5. The molecule has 2 aromatic heterocycles. The molecule has 0 aromatic carbocycles. The zero-order valence-corrected chi connectivity index (χ0v) is 10.7. The van der Waals surface area contributed by atoms with Gasteiger partial charge in [0.15, 0.2) is 5.65 Å². The zero-order valence-electron chi connectivity index (χ0n) is 10.7. The molecule has 0 saturated heterocycles. The minimum absolute atomic E-state index is 0.164. The van der Waals surface area contributed by atoms with E-state index in [1.165, 1.54) is 0 Å². The number of fused-ring (bicyclic) bond motifs is 3. The van der Waals surface area contributed by atoms with Gasteiger partial charge in [-0.1, -0.05) is 13.8 Å². The van der Waals surface area contributed by atoms with E-state index in [2.05, 4.69) is 30.0 Å². The second-order valence-electron chi connectivity index (χ2n) is 5.54. The third kappa shape index (κ3) is 1.64. The summed E-state index contributed by atoms with van der Waals surface area (Å²) >= 11 is 0. The minimum Gasteiger partial charge on any atom is -0.422 e. The van der Waals surface area contributed by atoms with Gasteiger partial charge in [0, 0.05) is 23.2 Å². The van der Waals surface area contributed by atoms with Crippen molar-refractivity contribution < 1.29 is 10.0 Å². The van der Waals surface area contributed by atoms with Gasteiger partial charge in [-0.05, 0) is 6.42 Å². The van der Waals surface area contributed by atoms with Gasteiger partial charge < -0.3 is 10.0 Å². The Kier molecular flexibility index (Phi) is 2.42. The van der Waals surface area contributed by atoms with E-state index >= 15 is 0 Å². The van der Waals surface area contributed by atoms with Crippen LogP contribution in [0.2, 0.25) is 0 Å². The normalized spacial score (nSPS) is 20.3. The van der Waals surface area contributed by atoms with Crippen molar-refractivity contribution in [3.8, 4) is 6.07 Å². The molecule has 0 spiro atoms. The number of nitrogens with zero attached hydrogens (tertiary/aromatic N) is 4. The van der Waals surface area contributed by atoms with Gasteiger partial charge >= 0.3 is 7.12 Å². The predicted octanol–water partition coefficient (Wildman–Crippen LogP) is -0.302. The highest BCUT2D eigenvalue weighted by Crippen LogP contribution is 2.44. The SMILES string of the molecule is CC1(C)CC(C#N)c2cnc3cc(B(O)O)nn3c21. The molecule has 2 aromatic rings. The van der Waals surface area contributed by atoms with Gasteiger partial charge in [-0.15, -0.1) is 0 Å². The Bertz CT molecular complexity index is 702. The first kappa shape index (κ1) is 12.1. The molecule has 6 nitrogen and oxygen atoms in total. The molecule has 19 heavy (non-hydrogen) atoms. The van der Waals surface area contributed by atoms with Crippen molar-refractivity contribution in [2.45, 2.75) is 31.6 Å². The first-order valence-corrected chi connectivity index (χ1v) is 6.09. The van der Waals surface area contributed by atoms with Gasteiger partial charge in [-0.25, -0.2) is 9.50 Å². The lowest BCUT2D eigenvalue weighted by Crippen LogP contribution is -2.31. The summed E-state index contributed by atoms with van der Waals surface area (Å²) in [4.78, 5) is 4.25. The maximum Gasteiger partial charge on any atom is 0.510 e. The summed E-state index contributed by atoms with van der Waals surface area (Å²) in [5.41, 5.74) is 2.34. The lowest BCUT2D eigenvalue weighted by atomic mass is 9.87. The van der Waals surface area contributed by atoms with Crippen LogP contribution in [0, 0.1) is 11.3 Å². The predicted molar refractivity (Wildman–Crippen MR) is 68.8 cm³/mol. The fourth-order valence-corrected chi connectivity index (χ4v) is 2.86. The van der Waals surface area contributed by atoms with Crippen LogP contribution in [-0.2, 0) is 5.41 Å². The van der Waals surface area contributed by atoms with Crippen LogP contribution in [-0.4, -0.2) is 31.8 Å². The molecule has 1 aliphatic rings. The average molecular weight is 256 g/mol. The molecule has 1 atom stereocenters. The fourth-order valence-electron chi connectivity index (χ4n) is 2.86. The number of rotatable bonds is 1. The minimum atomic E-state index is -1.62. The fraction of sp³-hybridized carbons (Fsp3) is 0.417. The molecule has 1 unspecified atom stereocenters. The highest BCUT2D eigenvalue weighted by atomic mass is 16.4. The van der Waals surface area contributed by atoms with Crippen molar-refractivity contribution in [3.63, 3.8) is 0 Å². The Morgan fingerprint density at radius 3 is 2.89 bits per heavy atom. The van der Waals surface area contributed by atoms with E-state index in [0.29, 0.717) is 5.65 Å². The molecule has 2 heterocycles. The monoisotopic (exact) mass is 256 g/mol. The quantitative estimate of drug-likeness (QED) is 0.683. The average Bonchev–Trinajstić information content (AvgIpc) is 2.87. The summed E-state index contributed by atoms with van der Waals surface area (Å²) in [5.74, 6) is -0.186.